The molecular weight excluding hydrogens is 164 g/mol. The quantitative estimate of drug-likeness (QED) is 0.649. The molecule has 0 saturated carbocycles. The van der Waals surface area contributed by atoms with Crippen molar-refractivity contribution in [3.05, 3.63) is 0 Å². The molecule has 1 N–H and O–H groups in total. The molecule has 2 fully saturated rings. The summed E-state index contributed by atoms with van der Waals surface area (Å²) in [6, 6.07) is 1.09. The molecule has 0 spiro atoms. The third-order valence-corrected chi connectivity index (χ3v) is 3.25. The van der Waals surface area contributed by atoms with E-state index in [2.05, 4.69) is 10.2 Å². The molecular formula is C10H18N2O. The highest BCUT2D eigenvalue weighted by Gasteiger charge is 2.37. The van der Waals surface area contributed by atoms with Gasteiger partial charge in [0.1, 0.15) is 0 Å². The van der Waals surface area contributed by atoms with Crippen LogP contribution >= 0.6 is 0 Å². The first-order valence-electron chi connectivity index (χ1n) is 5.35. The Morgan fingerprint density at radius 2 is 2.38 bits per heavy atom. The van der Waals surface area contributed by atoms with Gasteiger partial charge in [0.15, 0.2) is 0 Å². The number of hydrogen-bond donors (Lipinski definition) is 1. The fourth-order valence-corrected chi connectivity index (χ4v) is 2.56. The smallest absolute Gasteiger partial charge is 0.222 e. The Morgan fingerprint density at radius 1 is 1.54 bits per heavy atom. The predicted molar refractivity (Wildman–Crippen MR) is 51.4 cm³/mol. The topological polar surface area (TPSA) is 32.3 Å². The first-order chi connectivity index (χ1) is 6.33. The largest absolute Gasteiger partial charge is 0.338 e. The summed E-state index contributed by atoms with van der Waals surface area (Å²) in [6.45, 7) is 4.05. The van der Waals surface area contributed by atoms with E-state index in [1.165, 1.54) is 12.8 Å². The molecule has 2 heterocycles. The summed E-state index contributed by atoms with van der Waals surface area (Å²) < 4.78 is 0. The van der Waals surface area contributed by atoms with Crippen molar-refractivity contribution in [2.24, 2.45) is 0 Å². The Labute approximate surface area is 79.5 Å². The number of carbonyl (C=O) groups is 1. The number of nitrogens with one attached hydrogen (secondary N) is 1. The van der Waals surface area contributed by atoms with E-state index in [0.29, 0.717) is 24.4 Å². The zero-order chi connectivity index (χ0) is 9.26. The third kappa shape index (κ3) is 1.57. The molecule has 0 aromatic heterocycles. The predicted octanol–water partition coefficient (Wildman–Crippen LogP) is 0.749. The molecule has 2 aliphatic rings. The van der Waals surface area contributed by atoms with Crippen molar-refractivity contribution >= 4 is 5.91 Å². The maximum absolute atomic E-state index is 11.6. The summed E-state index contributed by atoms with van der Waals surface area (Å²) in [6.07, 6.45) is 4.22. The molecule has 74 valence electrons. The molecule has 2 atom stereocenters. The van der Waals surface area contributed by atoms with Gasteiger partial charge >= 0.3 is 0 Å². The number of rotatable bonds is 1. The normalized spacial score (nSPS) is 33.2. The molecule has 0 aromatic carbocycles. The van der Waals surface area contributed by atoms with Crippen LogP contribution in [0.1, 0.15) is 32.6 Å². The van der Waals surface area contributed by atoms with E-state index in [-0.39, 0.29) is 0 Å². The van der Waals surface area contributed by atoms with Gasteiger partial charge in [-0.2, -0.15) is 0 Å². The third-order valence-electron chi connectivity index (χ3n) is 3.25. The Kier molecular flexibility index (Phi) is 2.54. The standard InChI is InChI=1S/C10H18N2O/c1-2-10(13)12-7-5-8-9(12)4-3-6-11-8/h8-9,11H,2-7H2,1H3. The fraction of sp³-hybridized carbons (Fsp3) is 0.900. The van der Waals surface area contributed by atoms with Crippen LogP contribution in [-0.2, 0) is 4.79 Å². The average Bonchev–Trinajstić information content (AvgIpc) is 2.60. The second-order valence-electron chi connectivity index (χ2n) is 4.00. The zero-order valence-corrected chi connectivity index (χ0v) is 8.25. The van der Waals surface area contributed by atoms with Crippen LogP contribution in [0.2, 0.25) is 0 Å². The second-order valence-corrected chi connectivity index (χ2v) is 4.00. The Bertz CT molecular complexity index is 205. The highest BCUT2D eigenvalue weighted by molar-refractivity contribution is 5.76. The highest BCUT2D eigenvalue weighted by atomic mass is 16.2. The number of fused-ring (bicyclic) bond motifs is 1. The lowest BCUT2D eigenvalue weighted by molar-refractivity contribution is -0.132. The second kappa shape index (κ2) is 3.66. The molecule has 0 radical (unpaired) electrons. The molecule has 3 heteroatoms. The number of hydrogen-bond acceptors (Lipinski definition) is 2. The van der Waals surface area contributed by atoms with Crippen LogP contribution in [0.3, 0.4) is 0 Å². The van der Waals surface area contributed by atoms with Gasteiger partial charge in [-0.15, -0.1) is 0 Å². The van der Waals surface area contributed by atoms with Gasteiger partial charge in [0.25, 0.3) is 0 Å². The Morgan fingerprint density at radius 3 is 3.15 bits per heavy atom. The number of piperidine rings is 1. The van der Waals surface area contributed by atoms with Crippen LogP contribution in [0, 0.1) is 0 Å². The molecule has 2 aliphatic heterocycles. The average molecular weight is 182 g/mol. The van der Waals surface area contributed by atoms with Crippen molar-refractivity contribution in [3.8, 4) is 0 Å². The Balaban J connectivity index is 2.02. The summed E-state index contributed by atoms with van der Waals surface area (Å²) in [5.41, 5.74) is 0. The minimum absolute atomic E-state index is 0.330. The van der Waals surface area contributed by atoms with E-state index < -0.39 is 0 Å². The van der Waals surface area contributed by atoms with Gasteiger partial charge in [0.2, 0.25) is 5.91 Å². The minimum atomic E-state index is 0.330. The van der Waals surface area contributed by atoms with Gasteiger partial charge in [0, 0.05) is 25.0 Å². The molecule has 0 bridgehead atoms. The highest BCUT2D eigenvalue weighted by Crippen LogP contribution is 2.25. The van der Waals surface area contributed by atoms with Crippen molar-refractivity contribution in [1.82, 2.24) is 10.2 Å². The van der Waals surface area contributed by atoms with Gasteiger partial charge in [-0.3, -0.25) is 4.79 Å². The van der Waals surface area contributed by atoms with E-state index in [9.17, 15) is 4.79 Å². The lowest BCUT2D eigenvalue weighted by atomic mass is 9.99. The van der Waals surface area contributed by atoms with Crippen molar-refractivity contribution in [2.75, 3.05) is 13.1 Å². The minimum Gasteiger partial charge on any atom is -0.338 e. The number of nitrogens with zero attached hydrogens (tertiary/aromatic N) is 1. The summed E-state index contributed by atoms with van der Waals surface area (Å²) in [7, 11) is 0. The van der Waals surface area contributed by atoms with E-state index >= 15 is 0 Å². The maximum atomic E-state index is 11.6. The SMILES string of the molecule is CCC(=O)N1CCC2NCCCC21. The van der Waals surface area contributed by atoms with Crippen molar-refractivity contribution in [1.29, 1.82) is 0 Å². The molecule has 0 aromatic rings. The molecule has 2 rings (SSSR count). The van der Waals surface area contributed by atoms with Gasteiger partial charge in [0.05, 0.1) is 0 Å². The van der Waals surface area contributed by atoms with E-state index in [4.69, 9.17) is 0 Å². The van der Waals surface area contributed by atoms with Crippen molar-refractivity contribution in [2.45, 2.75) is 44.7 Å². The summed E-state index contributed by atoms with van der Waals surface area (Å²) in [5.74, 6) is 0.330. The van der Waals surface area contributed by atoms with E-state index in [1.807, 2.05) is 6.92 Å². The molecule has 2 unspecified atom stereocenters. The Hall–Kier alpha value is -0.570. The number of amides is 1. The summed E-state index contributed by atoms with van der Waals surface area (Å²) in [5, 5.41) is 3.50. The first kappa shape index (κ1) is 9.00. The maximum Gasteiger partial charge on any atom is 0.222 e. The van der Waals surface area contributed by atoms with Gasteiger partial charge in [-0.1, -0.05) is 6.92 Å². The monoisotopic (exact) mass is 182 g/mol. The molecule has 3 nitrogen and oxygen atoms in total. The van der Waals surface area contributed by atoms with Crippen LogP contribution in [0.5, 0.6) is 0 Å². The lowest BCUT2D eigenvalue weighted by Crippen LogP contribution is -2.48. The van der Waals surface area contributed by atoms with Crippen molar-refractivity contribution < 1.29 is 4.79 Å². The molecule has 1 amide bonds. The molecule has 2 saturated heterocycles. The van der Waals surface area contributed by atoms with Crippen LogP contribution in [0.15, 0.2) is 0 Å². The van der Waals surface area contributed by atoms with Crippen LogP contribution < -0.4 is 5.32 Å². The zero-order valence-electron chi connectivity index (χ0n) is 8.25. The summed E-state index contributed by atoms with van der Waals surface area (Å²) >= 11 is 0. The van der Waals surface area contributed by atoms with E-state index in [0.717, 1.165) is 19.5 Å². The van der Waals surface area contributed by atoms with Gasteiger partial charge in [-0.05, 0) is 25.8 Å². The lowest BCUT2D eigenvalue weighted by Gasteiger charge is -2.32. The first-order valence-corrected chi connectivity index (χ1v) is 5.35. The van der Waals surface area contributed by atoms with Crippen LogP contribution in [-0.4, -0.2) is 36.0 Å². The summed E-state index contributed by atoms with van der Waals surface area (Å²) in [4.78, 5) is 13.6. The molecule has 13 heavy (non-hydrogen) atoms. The molecule has 0 aliphatic carbocycles. The van der Waals surface area contributed by atoms with Gasteiger partial charge < -0.3 is 10.2 Å². The van der Waals surface area contributed by atoms with E-state index in [1.54, 1.807) is 0 Å². The number of likely N-dealkylation sites (tertiary alicyclic amines) is 1. The van der Waals surface area contributed by atoms with Gasteiger partial charge in [-0.25, -0.2) is 0 Å². The van der Waals surface area contributed by atoms with Crippen molar-refractivity contribution in [3.63, 3.8) is 0 Å². The number of carbonyl (C=O) groups excluding carboxylic acids is 1. The fourth-order valence-electron chi connectivity index (χ4n) is 2.56. The van der Waals surface area contributed by atoms with Crippen LogP contribution in [0.25, 0.3) is 0 Å². The van der Waals surface area contributed by atoms with Crippen LogP contribution in [0.4, 0.5) is 0 Å².